The Hall–Kier alpha value is -3.33. The first-order valence-corrected chi connectivity index (χ1v) is 13.6. The van der Waals surface area contributed by atoms with Gasteiger partial charge in [0.25, 0.3) is 5.91 Å². The van der Waals surface area contributed by atoms with E-state index < -0.39 is 10.0 Å². The third kappa shape index (κ3) is 5.67. The molecule has 4 aromatic rings. The molecular formula is C27H27N3O3S2. The fourth-order valence-electron chi connectivity index (χ4n) is 3.81. The van der Waals surface area contributed by atoms with Crippen LogP contribution in [-0.2, 0) is 16.6 Å². The fraction of sp³-hybridized carbons (Fsp3) is 0.185. The summed E-state index contributed by atoms with van der Waals surface area (Å²) in [5.74, 6) is -0.341. The summed E-state index contributed by atoms with van der Waals surface area (Å²) in [7, 11) is -3.69. The van der Waals surface area contributed by atoms with Crippen LogP contribution < -0.4 is 5.32 Å². The Balaban J connectivity index is 1.46. The summed E-state index contributed by atoms with van der Waals surface area (Å²) < 4.78 is 27.7. The number of sulfonamides is 1. The molecule has 4 rings (SSSR count). The molecule has 180 valence electrons. The lowest BCUT2D eigenvalue weighted by Gasteiger charge is -2.20. The number of rotatable bonds is 8. The lowest BCUT2D eigenvalue weighted by molar-refractivity contribution is 0.102. The van der Waals surface area contributed by atoms with Crippen LogP contribution in [0.15, 0.2) is 83.1 Å². The second-order valence-corrected chi connectivity index (χ2v) is 11.0. The summed E-state index contributed by atoms with van der Waals surface area (Å²) in [4.78, 5) is 17.5. The van der Waals surface area contributed by atoms with E-state index in [0.717, 1.165) is 22.4 Å². The van der Waals surface area contributed by atoms with E-state index in [1.165, 1.54) is 45.5 Å². The summed E-state index contributed by atoms with van der Waals surface area (Å²) in [6.45, 7) is 6.52. The number of aryl methyl sites for hydroxylation is 2. The van der Waals surface area contributed by atoms with E-state index in [0.29, 0.717) is 17.2 Å². The zero-order valence-corrected chi connectivity index (χ0v) is 21.5. The van der Waals surface area contributed by atoms with Gasteiger partial charge in [-0.15, -0.1) is 11.3 Å². The van der Waals surface area contributed by atoms with Gasteiger partial charge in [0.2, 0.25) is 10.0 Å². The van der Waals surface area contributed by atoms with Gasteiger partial charge in [0.05, 0.1) is 10.6 Å². The van der Waals surface area contributed by atoms with Crippen LogP contribution in [0.1, 0.15) is 34.0 Å². The molecule has 6 nitrogen and oxygen atoms in total. The number of carbonyl (C=O) groups is 1. The molecule has 1 aromatic heterocycles. The van der Waals surface area contributed by atoms with Gasteiger partial charge < -0.3 is 0 Å². The van der Waals surface area contributed by atoms with Gasteiger partial charge in [0.15, 0.2) is 5.13 Å². The van der Waals surface area contributed by atoms with Crippen molar-refractivity contribution in [2.75, 3.05) is 11.9 Å². The first-order valence-electron chi connectivity index (χ1n) is 11.3. The molecule has 0 saturated carbocycles. The second-order valence-electron chi connectivity index (χ2n) is 8.25. The van der Waals surface area contributed by atoms with Crippen LogP contribution in [0.4, 0.5) is 5.13 Å². The molecule has 0 unspecified atom stereocenters. The van der Waals surface area contributed by atoms with Crippen molar-refractivity contribution in [3.8, 4) is 11.3 Å². The summed E-state index contributed by atoms with van der Waals surface area (Å²) in [5.41, 5.74) is 5.41. The second kappa shape index (κ2) is 10.5. The Kier molecular flexibility index (Phi) is 7.45. The van der Waals surface area contributed by atoms with E-state index in [2.05, 4.69) is 16.4 Å². The summed E-state index contributed by atoms with van der Waals surface area (Å²) >= 11 is 1.35. The number of nitrogens with zero attached hydrogens (tertiary/aromatic N) is 2. The number of carbonyl (C=O) groups excluding carboxylic acids is 1. The van der Waals surface area contributed by atoms with Crippen molar-refractivity contribution in [1.82, 2.24) is 9.29 Å². The molecule has 1 heterocycles. The van der Waals surface area contributed by atoms with Gasteiger partial charge in [0.1, 0.15) is 0 Å². The lowest BCUT2D eigenvalue weighted by Crippen LogP contribution is -2.30. The molecule has 8 heteroatoms. The van der Waals surface area contributed by atoms with Gasteiger partial charge in [0, 0.05) is 29.6 Å². The quantitative estimate of drug-likeness (QED) is 0.324. The molecule has 0 fully saturated rings. The molecule has 0 spiro atoms. The highest BCUT2D eigenvalue weighted by atomic mass is 32.2. The molecule has 3 aromatic carbocycles. The van der Waals surface area contributed by atoms with Gasteiger partial charge in [-0.05, 0) is 49.2 Å². The minimum Gasteiger partial charge on any atom is -0.298 e. The van der Waals surface area contributed by atoms with Crippen LogP contribution in [0.5, 0.6) is 0 Å². The SMILES string of the molecule is CCN(Cc1ccccc1)S(=O)(=O)c1ccc(C(=O)Nc2nc(-c3ccc(C)cc3C)cs2)cc1. The number of nitrogens with one attached hydrogen (secondary N) is 1. The zero-order chi connectivity index (χ0) is 25.0. The van der Waals surface area contributed by atoms with Crippen LogP contribution in [0.2, 0.25) is 0 Å². The summed E-state index contributed by atoms with van der Waals surface area (Å²) in [6.07, 6.45) is 0. The Labute approximate surface area is 210 Å². The van der Waals surface area contributed by atoms with E-state index in [9.17, 15) is 13.2 Å². The minimum absolute atomic E-state index is 0.151. The molecule has 0 aliphatic heterocycles. The van der Waals surface area contributed by atoms with Crippen LogP contribution >= 0.6 is 11.3 Å². The molecule has 0 aliphatic carbocycles. The molecule has 0 atom stereocenters. The van der Waals surface area contributed by atoms with Crippen molar-refractivity contribution in [1.29, 1.82) is 0 Å². The number of thiazole rings is 1. The Morgan fingerprint density at radius 2 is 1.71 bits per heavy atom. The Morgan fingerprint density at radius 1 is 1.00 bits per heavy atom. The van der Waals surface area contributed by atoms with Crippen LogP contribution in [0.25, 0.3) is 11.3 Å². The third-order valence-electron chi connectivity index (χ3n) is 5.69. The van der Waals surface area contributed by atoms with Crippen molar-refractivity contribution >= 4 is 32.4 Å². The predicted molar refractivity (Wildman–Crippen MR) is 141 cm³/mol. The van der Waals surface area contributed by atoms with Crippen LogP contribution in [0.3, 0.4) is 0 Å². The average molecular weight is 506 g/mol. The van der Waals surface area contributed by atoms with Crippen molar-refractivity contribution < 1.29 is 13.2 Å². The van der Waals surface area contributed by atoms with Crippen molar-refractivity contribution in [3.63, 3.8) is 0 Å². The molecule has 0 aliphatic rings. The summed E-state index contributed by atoms with van der Waals surface area (Å²) in [6, 6.07) is 21.6. The smallest absolute Gasteiger partial charge is 0.257 e. The molecule has 1 amide bonds. The first-order chi connectivity index (χ1) is 16.8. The maximum atomic E-state index is 13.1. The maximum Gasteiger partial charge on any atom is 0.257 e. The van der Waals surface area contributed by atoms with Crippen molar-refractivity contribution in [2.45, 2.75) is 32.2 Å². The number of anilines is 1. The zero-order valence-electron chi connectivity index (χ0n) is 19.9. The minimum atomic E-state index is -3.69. The van der Waals surface area contributed by atoms with E-state index in [4.69, 9.17) is 0 Å². The molecular weight excluding hydrogens is 478 g/mol. The number of amides is 1. The topological polar surface area (TPSA) is 79.4 Å². The van der Waals surface area contributed by atoms with Crippen LogP contribution in [-0.4, -0.2) is 30.2 Å². The number of hydrogen-bond acceptors (Lipinski definition) is 5. The Morgan fingerprint density at radius 3 is 2.37 bits per heavy atom. The average Bonchev–Trinajstić information content (AvgIpc) is 3.31. The predicted octanol–water partition coefficient (Wildman–Crippen LogP) is 5.89. The van der Waals surface area contributed by atoms with E-state index in [1.807, 2.05) is 68.6 Å². The van der Waals surface area contributed by atoms with Gasteiger partial charge >= 0.3 is 0 Å². The highest BCUT2D eigenvalue weighted by Gasteiger charge is 2.23. The lowest BCUT2D eigenvalue weighted by atomic mass is 10.0. The highest BCUT2D eigenvalue weighted by Crippen LogP contribution is 2.28. The van der Waals surface area contributed by atoms with E-state index in [1.54, 1.807) is 0 Å². The van der Waals surface area contributed by atoms with Gasteiger partial charge in [-0.25, -0.2) is 13.4 Å². The van der Waals surface area contributed by atoms with Gasteiger partial charge in [-0.2, -0.15) is 4.31 Å². The Bertz CT molecular complexity index is 1430. The van der Waals surface area contributed by atoms with E-state index >= 15 is 0 Å². The molecule has 0 saturated heterocycles. The number of aromatic nitrogens is 1. The van der Waals surface area contributed by atoms with Gasteiger partial charge in [-0.1, -0.05) is 61.0 Å². The van der Waals surface area contributed by atoms with Crippen LogP contribution in [0, 0.1) is 13.8 Å². The third-order valence-corrected chi connectivity index (χ3v) is 8.38. The molecule has 1 N–H and O–H groups in total. The molecule has 35 heavy (non-hydrogen) atoms. The maximum absolute atomic E-state index is 13.1. The number of benzene rings is 3. The van der Waals surface area contributed by atoms with Crippen molar-refractivity contribution in [2.24, 2.45) is 0 Å². The normalized spacial score (nSPS) is 11.5. The molecule has 0 radical (unpaired) electrons. The number of hydrogen-bond donors (Lipinski definition) is 1. The highest BCUT2D eigenvalue weighted by molar-refractivity contribution is 7.89. The standard InChI is InChI=1S/C27H27N3O3S2/c1-4-30(17-21-8-6-5-7-9-21)35(32,33)23-13-11-22(12-14-23)26(31)29-27-28-25(18-34-27)24-15-10-19(2)16-20(24)3/h5-16,18H,4,17H2,1-3H3,(H,28,29,31). The summed E-state index contributed by atoms with van der Waals surface area (Å²) in [5, 5.41) is 5.21. The first kappa shape index (κ1) is 24.8. The van der Waals surface area contributed by atoms with E-state index in [-0.39, 0.29) is 17.3 Å². The molecule has 0 bridgehead atoms. The monoisotopic (exact) mass is 505 g/mol. The largest absolute Gasteiger partial charge is 0.298 e. The fourth-order valence-corrected chi connectivity index (χ4v) is 5.95. The van der Waals surface area contributed by atoms with Gasteiger partial charge in [-0.3, -0.25) is 10.1 Å². The van der Waals surface area contributed by atoms with Crippen molar-refractivity contribution in [3.05, 3.63) is 100 Å².